The molecule has 0 saturated carbocycles. The highest BCUT2D eigenvalue weighted by Gasteiger charge is 1.86. The van der Waals surface area contributed by atoms with Crippen molar-refractivity contribution in [2.75, 3.05) is 13.2 Å². The first-order chi connectivity index (χ1) is 3.81. The predicted octanol–water partition coefficient (Wildman–Crippen LogP) is 0.919. The van der Waals surface area contributed by atoms with Crippen LogP contribution >= 0.6 is 0 Å². The van der Waals surface area contributed by atoms with Crippen LogP contribution < -0.4 is 0 Å². The number of hydrogen-bond acceptors (Lipinski definition) is 2. The molecule has 1 N–H and O–H groups in total. The van der Waals surface area contributed by atoms with Gasteiger partial charge in [0, 0.05) is 0 Å². The highest BCUT2D eigenvalue weighted by molar-refractivity contribution is 4.79. The predicted molar refractivity (Wildman–Crippen MR) is 32.5 cm³/mol. The van der Waals surface area contributed by atoms with Crippen molar-refractivity contribution in [3.8, 4) is 0 Å². The molecule has 2 nitrogen and oxygen atoms in total. The van der Waals surface area contributed by atoms with Crippen LogP contribution in [0.5, 0.6) is 0 Å². The summed E-state index contributed by atoms with van der Waals surface area (Å²) < 4.78 is 4.90. The average Bonchev–Trinajstić information content (AvgIpc) is 1.83. The van der Waals surface area contributed by atoms with E-state index in [1.54, 1.807) is 0 Å². The second kappa shape index (κ2) is 4.65. The lowest BCUT2D eigenvalue weighted by molar-refractivity contribution is 0.163. The van der Waals surface area contributed by atoms with Crippen LogP contribution in [0.4, 0.5) is 0 Å². The molecule has 0 spiro atoms. The van der Waals surface area contributed by atoms with Gasteiger partial charge in [0.15, 0.2) is 0 Å². The quantitative estimate of drug-likeness (QED) is 0.553. The molecule has 0 aromatic rings. The summed E-state index contributed by atoms with van der Waals surface area (Å²) in [6.07, 6.45) is 0.957. The summed E-state index contributed by atoms with van der Waals surface area (Å²) in [7, 11) is 0. The molecule has 2 heteroatoms. The van der Waals surface area contributed by atoms with Crippen molar-refractivity contribution >= 4 is 0 Å². The fourth-order valence-corrected chi connectivity index (χ4v) is 0.292. The Hall–Kier alpha value is -0.500. The number of aliphatic hydroxyl groups is 1. The number of hydrogen-bond donors (Lipinski definition) is 1. The smallest absolute Gasteiger partial charge is 0.114 e. The van der Waals surface area contributed by atoms with Crippen molar-refractivity contribution in [1.82, 2.24) is 0 Å². The fourth-order valence-electron chi connectivity index (χ4n) is 0.292. The Morgan fingerprint density at radius 1 is 1.75 bits per heavy atom. The van der Waals surface area contributed by atoms with Gasteiger partial charge in [0.1, 0.15) is 5.76 Å². The van der Waals surface area contributed by atoms with Crippen LogP contribution in [0.3, 0.4) is 0 Å². The van der Waals surface area contributed by atoms with Gasteiger partial charge in [-0.05, 0) is 6.42 Å². The third kappa shape index (κ3) is 3.68. The molecule has 0 rings (SSSR count). The van der Waals surface area contributed by atoms with E-state index in [9.17, 15) is 0 Å². The van der Waals surface area contributed by atoms with Gasteiger partial charge in [-0.2, -0.15) is 0 Å². The van der Waals surface area contributed by atoms with E-state index in [0.29, 0.717) is 12.4 Å². The lowest BCUT2D eigenvalue weighted by Gasteiger charge is -2.02. The lowest BCUT2D eigenvalue weighted by atomic mass is 10.5. The second-order valence-corrected chi connectivity index (χ2v) is 1.55. The molecule has 0 aliphatic carbocycles. The van der Waals surface area contributed by atoms with Crippen LogP contribution in [0.2, 0.25) is 0 Å². The van der Waals surface area contributed by atoms with E-state index < -0.39 is 0 Å². The Kier molecular flexibility index (Phi) is 4.36. The van der Waals surface area contributed by atoms with E-state index in [2.05, 4.69) is 6.58 Å². The topological polar surface area (TPSA) is 29.5 Å². The van der Waals surface area contributed by atoms with Crippen LogP contribution in [-0.4, -0.2) is 18.3 Å². The molecular weight excluding hydrogens is 104 g/mol. The van der Waals surface area contributed by atoms with Crippen LogP contribution in [0.25, 0.3) is 0 Å². The molecule has 0 radical (unpaired) electrons. The maximum atomic E-state index is 8.34. The number of aliphatic hydroxyl groups excluding tert-OH is 1. The zero-order chi connectivity index (χ0) is 6.41. The minimum atomic E-state index is -0.0694. The molecule has 0 fully saturated rings. The van der Waals surface area contributed by atoms with E-state index in [0.717, 1.165) is 6.42 Å². The largest absolute Gasteiger partial charge is 0.496 e. The normalized spacial score (nSPS) is 8.75. The van der Waals surface area contributed by atoms with Gasteiger partial charge in [0.25, 0.3) is 0 Å². The Labute approximate surface area is 49.8 Å². The summed E-state index contributed by atoms with van der Waals surface area (Å²) in [5.41, 5.74) is 0. The summed E-state index contributed by atoms with van der Waals surface area (Å²) in [5.74, 6) is 0.451. The highest BCUT2D eigenvalue weighted by atomic mass is 16.5. The molecule has 0 aliphatic rings. The summed E-state index contributed by atoms with van der Waals surface area (Å²) in [4.78, 5) is 0. The summed E-state index contributed by atoms with van der Waals surface area (Å²) in [6.45, 7) is 6.03. The van der Waals surface area contributed by atoms with Crippen molar-refractivity contribution in [1.29, 1.82) is 0 Å². The van der Waals surface area contributed by atoms with Gasteiger partial charge in [-0.25, -0.2) is 0 Å². The number of ether oxygens (including phenoxy) is 1. The van der Waals surface area contributed by atoms with Crippen LogP contribution in [0.15, 0.2) is 12.3 Å². The lowest BCUT2D eigenvalue weighted by Crippen LogP contribution is -1.95. The molecule has 0 bridgehead atoms. The molecule has 0 aromatic carbocycles. The zero-order valence-corrected chi connectivity index (χ0v) is 5.18. The maximum Gasteiger partial charge on any atom is 0.114 e. The molecule has 0 heterocycles. The maximum absolute atomic E-state index is 8.34. The molecule has 0 aliphatic heterocycles. The van der Waals surface area contributed by atoms with Crippen LogP contribution in [0.1, 0.15) is 13.3 Å². The summed E-state index contributed by atoms with van der Waals surface area (Å²) in [5, 5.41) is 8.34. The van der Waals surface area contributed by atoms with Crippen molar-refractivity contribution in [3.63, 3.8) is 0 Å². The second-order valence-electron chi connectivity index (χ2n) is 1.55. The van der Waals surface area contributed by atoms with Crippen molar-refractivity contribution < 1.29 is 9.84 Å². The number of rotatable bonds is 4. The molecule has 48 valence electrons. The SMILES string of the molecule is C=C(CO)OCCC. The Morgan fingerprint density at radius 3 is 2.75 bits per heavy atom. The first-order valence-electron chi connectivity index (χ1n) is 2.72. The van der Waals surface area contributed by atoms with E-state index >= 15 is 0 Å². The van der Waals surface area contributed by atoms with Gasteiger partial charge < -0.3 is 9.84 Å². The van der Waals surface area contributed by atoms with Crippen molar-refractivity contribution in [2.45, 2.75) is 13.3 Å². The van der Waals surface area contributed by atoms with Gasteiger partial charge in [-0.1, -0.05) is 13.5 Å². The fraction of sp³-hybridized carbons (Fsp3) is 0.667. The Bertz CT molecular complexity index is 68.9. The molecule has 0 atom stereocenters. The van der Waals surface area contributed by atoms with E-state index in [1.165, 1.54) is 0 Å². The van der Waals surface area contributed by atoms with E-state index in [4.69, 9.17) is 9.84 Å². The molecule has 0 unspecified atom stereocenters. The molecule has 0 aromatic heterocycles. The Morgan fingerprint density at radius 2 is 2.38 bits per heavy atom. The van der Waals surface area contributed by atoms with E-state index in [1.807, 2.05) is 6.92 Å². The average molecular weight is 116 g/mol. The van der Waals surface area contributed by atoms with Gasteiger partial charge in [-0.15, -0.1) is 0 Å². The standard InChI is InChI=1S/C6H12O2/c1-3-4-8-6(2)5-7/h7H,2-5H2,1H3. The van der Waals surface area contributed by atoms with Crippen molar-refractivity contribution in [3.05, 3.63) is 12.3 Å². The molecule has 0 amide bonds. The van der Waals surface area contributed by atoms with Crippen molar-refractivity contribution in [2.24, 2.45) is 0 Å². The van der Waals surface area contributed by atoms with Gasteiger partial charge in [-0.3, -0.25) is 0 Å². The molecule has 0 saturated heterocycles. The third-order valence-electron chi connectivity index (χ3n) is 0.687. The van der Waals surface area contributed by atoms with Crippen LogP contribution in [0, 0.1) is 0 Å². The third-order valence-corrected chi connectivity index (χ3v) is 0.687. The monoisotopic (exact) mass is 116 g/mol. The zero-order valence-electron chi connectivity index (χ0n) is 5.18. The molecule has 8 heavy (non-hydrogen) atoms. The first kappa shape index (κ1) is 7.50. The first-order valence-corrected chi connectivity index (χ1v) is 2.72. The molecular formula is C6H12O2. The van der Waals surface area contributed by atoms with E-state index in [-0.39, 0.29) is 6.61 Å². The van der Waals surface area contributed by atoms with Gasteiger partial charge in [0.2, 0.25) is 0 Å². The Balaban J connectivity index is 2.99. The van der Waals surface area contributed by atoms with Crippen LogP contribution in [-0.2, 0) is 4.74 Å². The summed E-state index contributed by atoms with van der Waals surface area (Å²) >= 11 is 0. The van der Waals surface area contributed by atoms with Gasteiger partial charge >= 0.3 is 0 Å². The highest BCUT2D eigenvalue weighted by Crippen LogP contribution is 1.90. The van der Waals surface area contributed by atoms with Gasteiger partial charge in [0.05, 0.1) is 13.2 Å². The summed E-state index contributed by atoms with van der Waals surface area (Å²) in [6, 6.07) is 0. The minimum Gasteiger partial charge on any atom is -0.496 e. The minimum absolute atomic E-state index is 0.0694.